The van der Waals surface area contributed by atoms with Gasteiger partial charge in [0.1, 0.15) is 18.0 Å². The first-order valence-electron chi connectivity index (χ1n) is 10.0. The minimum Gasteiger partial charge on any atom is -0.396 e. The van der Waals surface area contributed by atoms with Gasteiger partial charge in [0.25, 0.3) is 5.56 Å². The van der Waals surface area contributed by atoms with Crippen LogP contribution in [0.25, 0.3) is 11.1 Å². The average molecular weight is 443 g/mol. The third-order valence-electron chi connectivity index (χ3n) is 5.42. The van der Waals surface area contributed by atoms with Gasteiger partial charge in [-0.25, -0.2) is 9.18 Å². The molecule has 168 valence electrons. The molecule has 0 saturated carbocycles. The Kier molecular flexibility index (Phi) is 6.28. The highest BCUT2D eigenvalue weighted by Gasteiger charge is 2.43. The molecular formula is C22H22FN3O6. The van der Waals surface area contributed by atoms with E-state index in [0.717, 1.165) is 15.2 Å². The molecule has 0 bridgehead atoms. The molecule has 4 rings (SSSR count). The van der Waals surface area contributed by atoms with Gasteiger partial charge in [-0.1, -0.05) is 12.1 Å². The molecule has 10 heteroatoms. The molecule has 1 aliphatic rings. The van der Waals surface area contributed by atoms with Gasteiger partial charge >= 0.3 is 5.69 Å². The van der Waals surface area contributed by atoms with E-state index in [1.54, 1.807) is 24.3 Å². The Bertz CT molecular complexity index is 1230. The van der Waals surface area contributed by atoms with E-state index in [9.17, 15) is 24.2 Å². The molecule has 3 heterocycles. The number of nitrogens with zero attached hydrogens (tertiary/aromatic N) is 3. The van der Waals surface area contributed by atoms with Crippen molar-refractivity contribution in [1.82, 2.24) is 14.1 Å². The normalized spacial score (nSPS) is 22.9. The molecule has 0 amide bonds. The van der Waals surface area contributed by atoms with E-state index in [1.807, 2.05) is 0 Å². The smallest absolute Gasteiger partial charge is 0.333 e. The van der Waals surface area contributed by atoms with E-state index in [0.29, 0.717) is 16.8 Å². The molecule has 32 heavy (non-hydrogen) atoms. The maximum absolute atomic E-state index is 13.6. The molecule has 1 aromatic carbocycles. The van der Waals surface area contributed by atoms with Crippen molar-refractivity contribution >= 4 is 0 Å². The molecule has 1 fully saturated rings. The number of rotatable bonds is 6. The number of ether oxygens (including phenoxy) is 1. The van der Waals surface area contributed by atoms with Gasteiger partial charge in [-0.2, -0.15) is 0 Å². The highest BCUT2D eigenvalue weighted by atomic mass is 19.1. The predicted molar refractivity (Wildman–Crippen MR) is 111 cm³/mol. The summed E-state index contributed by atoms with van der Waals surface area (Å²) in [6.07, 6.45) is -1.99. The third-order valence-corrected chi connectivity index (χ3v) is 5.42. The molecule has 0 spiro atoms. The van der Waals surface area contributed by atoms with Crippen molar-refractivity contribution in [3.63, 3.8) is 0 Å². The fraction of sp³-hybridized carbons (Fsp3) is 0.318. The lowest BCUT2D eigenvalue weighted by atomic mass is 10.1. The maximum Gasteiger partial charge on any atom is 0.333 e. The second kappa shape index (κ2) is 9.13. The summed E-state index contributed by atoms with van der Waals surface area (Å²) < 4.78 is 21.1. The molecule has 2 aromatic heterocycles. The Hall–Kier alpha value is -3.18. The van der Waals surface area contributed by atoms with Crippen molar-refractivity contribution in [3.8, 4) is 11.1 Å². The van der Waals surface area contributed by atoms with Crippen LogP contribution < -0.4 is 11.2 Å². The summed E-state index contributed by atoms with van der Waals surface area (Å²) in [6.45, 7) is -0.421. The first-order chi connectivity index (χ1) is 15.4. The number of aliphatic hydroxyl groups is 3. The Morgan fingerprint density at radius 1 is 1.06 bits per heavy atom. The van der Waals surface area contributed by atoms with E-state index >= 15 is 0 Å². The van der Waals surface area contributed by atoms with Crippen LogP contribution in [0.4, 0.5) is 4.39 Å². The Morgan fingerprint density at radius 3 is 2.59 bits per heavy atom. The molecular weight excluding hydrogens is 421 g/mol. The molecule has 3 N–H and O–H groups in total. The van der Waals surface area contributed by atoms with Crippen molar-refractivity contribution in [2.75, 3.05) is 6.61 Å². The van der Waals surface area contributed by atoms with E-state index in [2.05, 4.69) is 4.98 Å². The van der Waals surface area contributed by atoms with Crippen LogP contribution in [0.15, 0.2) is 64.4 Å². The molecule has 1 saturated heterocycles. The largest absolute Gasteiger partial charge is 0.396 e. The SMILES string of the molecule is O=c1ccn(C2OC(CCO)C(O)C2O)c(=O)n1Cc1cc(-c2cccc(F)c2)ccn1. The Labute approximate surface area is 181 Å². The summed E-state index contributed by atoms with van der Waals surface area (Å²) in [5, 5.41) is 29.5. The second-order valence-corrected chi connectivity index (χ2v) is 7.53. The molecule has 0 aliphatic carbocycles. The average Bonchev–Trinajstić information content (AvgIpc) is 3.06. The van der Waals surface area contributed by atoms with E-state index in [4.69, 9.17) is 9.84 Å². The van der Waals surface area contributed by atoms with Crippen molar-refractivity contribution < 1.29 is 24.4 Å². The summed E-state index contributed by atoms with van der Waals surface area (Å²) >= 11 is 0. The summed E-state index contributed by atoms with van der Waals surface area (Å²) in [6, 6.07) is 10.5. The molecule has 3 aromatic rings. The van der Waals surface area contributed by atoms with Gasteiger partial charge in [0.2, 0.25) is 0 Å². The van der Waals surface area contributed by atoms with Crippen LogP contribution >= 0.6 is 0 Å². The van der Waals surface area contributed by atoms with E-state index < -0.39 is 35.8 Å². The maximum atomic E-state index is 13.6. The number of hydrogen-bond acceptors (Lipinski definition) is 7. The van der Waals surface area contributed by atoms with Gasteiger partial charge in [0.05, 0.1) is 18.3 Å². The second-order valence-electron chi connectivity index (χ2n) is 7.53. The lowest BCUT2D eigenvalue weighted by Gasteiger charge is -2.18. The quantitative estimate of drug-likeness (QED) is 0.499. The van der Waals surface area contributed by atoms with Crippen LogP contribution in [0, 0.1) is 5.82 Å². The van der Waals surface area contributed by atoms with Crippen molar-refractivity contribution in [3.05, 3.63) is 87.2 Å². The fourth-order valence-corrected chi connectivity index (χ4v) is 3.77. The van der Waals surface area contributed by atoms with Crippen LogP contribution in [-0.4, -0.2) is 54.4 Å². The first-order valence-corrected chi connectivity index (χ1v) is 10.0. The van der Waals surface area contributed by atoms with Crippen LogP contribution in [0.3, 0.4) is 0 Å². The summed E-state index contributed by atoms with van der Waals surface area (Å²) in [4.78, 5) is 29.6. The zero-order chi connectivity index (χ0) is 22.8. The zero-order valence-electron chi connectivity index (χ0n) is 16.9. The number of pyridine rings is 1. The summed E-state index contributed by atoms with van der Waals surface area (Å²) in [5.41, 5.74) is 0.358. The van der Waals surface area contributed by atoms with Crippen molar-refractivity contribution in [2.24, 2.45) is 0 Å². The standard InChI is InChI=1S/C22H22FN3O6/c23-15-3-1-2-13(10-15)14-4-7-24-16(11-14)12-26-18(28)5-8-25(22(26)31)21-20(30)19(29)17(32-21)6-9-27/h1-5,7-8,10-11,17,19-21,27,29-30H,6,9,12H2. The Balaban J connectivity index is 1.66. The molecule has 1 aliphatic heterocycles. The molecule has 0 radical (unpaired) electrons. The molecule has 4 atom stereocenters. The van der Waals surface area contributed by atoms with Gasteiger partial charge in [0, 0.05) is 25.1 Å². The highest BCUT2D eigenvalue weighted by molar-refractivity contribution is 5.63. The van der Waals surface area contributed by atoms with Crippen LogP contribution in [0.5, 0.6) is 0 Å². The van der Waals surface area contributed by atoms with Gasteiger partial charge in [-0.05, 0) is 41.8 Å². The van der Waals surface area contributed by atoms with Gasteiger partial charge in [0.15, 0.2) is 6.23 Å². The summed E-state index contributed by atoms with van der Waals surface area (Å²) in [5.74, 6) is -0.389. The Morgan fingerprint density at radius 2 is 1.84 bits per heavy atom. The molecule has 9 nitrogen and oxygen atoms in total. The predicted octanol–water partition coefficient (Wildman–Crippen LogP) is 0.261. The van der Waals surface area contributed by atoms with Gasteiger partial charge < -0.3 is 20.1 Å². The van der Waals surface area contributed by atoms with Crippen LogP contribution in [-0.2, 0) is 11.3 Å². The van der Waals surface area contributed by atoms with Crippen molar-refractivity contribution in [1.29, 1.82) is 0 Å². The number of halogens is 1. The van der Waals surface area contributed by atoms with Crippen molar-refractivity contribution in [2.45, 2.75) is 37.5 Å². The van der Waals surface area contributed by atoms with E-state index in [-0.39, 0.29) is 25.4 Å². The fourth-order valence-electron chi connectivity index (χ4n) is 3.77. The number of aliphatic hydroxyl groups excluding tert-OH is 3. The molecule has 4 unspecified atom stereocenters. The van der Waals surface area contributed by atoms with Gasteiger partial charge in [-0.3, -0.25) is 18.9 Å². The van der Waals surface area contributed by atoms with Crippen LogP contribution in [0.2, 0.25) is 0 Å². The first kappa shape index (κ1) is 22.0. The number of benzene rings is 1. The van der Waals surface area contributed by atoms with E-state index in [1.165, 1.54) is 24.5 Å². The highest BCUT2D eigenvalue weighted by Crippen LogP contribution is 2.29. The minimum atomic E-state index is -1.41. The van der Waals surface area contributed by atoms with Crippen LogP contribution in [0.1, 0.15) is 18.3 Å². The lowest BCUT2D eigenvalue weighted by molar-refractivity contribution is -0.0458. The topological polar surface area (TPSA) is 127 Å². The summed E-state index contributed by atoms with van der Waals surface area (Å²) in [7, 11) is 0. The monoisotopic (exact) mass is 443 g/mol. The third kappa shape index (κ3) is 4.26. The lowest BCUT2D eigenvalue weighted by Crippen LogP contribution is -2.43. The number of hydrogen-bond donors (Lipinski definition) is 3. The van der Waals surface area contributed by atoms with Gasteiger partial charge in [-0.15, -0.1) is 0 Å². The minimum absolute atomic E-state index is 0.0832. The number of aromatic nitrogens is 3. The zero-order valence-corrected chi connectivity index (χ0v) is 16.9.